The number of amidine groups is 1. The fourth-order valence-corrected chi connectivity index (χ4v) is 1.82. The molecule has 0 fully saturated rings. The van der Waals surface area contributed by atoms with Crippen molar-refractivity contribution in [3.05, 3.63) is 71.8 Å². The highest BCUT2D eigenvalue weighted by atomic mass is 16.6. The zero-order chi connectivity index (χ0) is 17.2. The SMILES string of the molecule is C/C(=N\C(=O)OCc1ccccc1)NC(=O)OCc1ccccc1. The third kappa shape index (κ3) is 6.31. The van der Waals surface area contributed by atoms with Crippen LogP contribution >= 0.6 is 0 Å². The number of aliphatic imine (C=N–C) groups is 1. The van der Waals surface area contributed by atoms with Gasteiger partial charge in [-0.2, -0.15) is 4.99 Å². The van der Waals surface area contributed by atoms with Crippen LogP contribution in [0, 0.1) is 0 Å². The minimum atomic E-state index is -0.778. The quantitative estimate of drug-likeness (QED) is 0.687. The molecule has 6 nitrogen and oxygen atoms in total. The van der Waals surface area contributed by atoms with E-state index in [0.717, 1.165) is 11.1 Å². The summed E-state index contributed by atoms with van der Waals surface area (Å²) >= 11 is 0. The zero-order valence-corrected chi connectivity index (χ0v) is 13.3. The largest absolute Gasteiger partial charge is 0.444 e. The van der Waals surface area contributed by atoms with Crippen LogP contribution < -0.4 is 5.32 Å². The average Bonchev–Trinajstić information content (AvgIpc) is 2.60. The molecule has 6 heteroatoms. The fourth-order valence-electron chi connectivity index (χ4n) is 1.82. The van der Waals surface area contributed by atoms with Crippen LogP contribution in [0.1, 0.15) is 18.1 Å². The molecule has 124 valence electrons. The van der Waals surface area contributed by atoms with Crippen molar-refractivity contribution in [2.45, 2.75) is 20.1 Å². The van der Waals surface area contributed by atoms with E-state index in [1.165, 1.54) is 6.92 Å². The van der Waals surface area contributed by atoms with Crippen LogP contribution in [-0.4, -0.2) is 18.0 Å². The number of nitrogens with one attached hydrogen (secondary N) is 1. The van der Waals surface area contributed by atoms with Crippen LogP contribution in [-0.2, 0) is 22.7 Å². The molecule has 0 saturated heterocycles. The van der Waals surface area contributed by atoms with E-state index in [1.807, 2.05) is 60.7 Å². The van der Waals surface area contributed by atoms with Crippen molar-refractivity contribution in [1.82, 2.24) is 5.32 Å². The summed E-state index contributed by atoms with van der Waals surface area (Å²) in [5.74, 6) is 0.103. The Labute approximate surface area is 140 Å². The summed E-state index contributed by atoms with van der Waals surface area (Å²) in [5, 5.41) is 2.37. The Morgan fingerprint density at radius 2 is 1.38 bits per heavy atom. The lowest BCUT2D eigenvalue weighted by Gasteiger charge is -2.06. The Bertz CT molecular complexity index is 699. The summed E-state index contributed by atoms with van der Waals surface area (Å²) in [6, 6.07) is 18.5. The highest BCUT2D eigenvalue weighted by Crippen LogP contribution is 2.02. The molecule has 0 bridgehead atoms. The van der Waals surface area contributed by atoms with Gasteiger partial charge in [0.2, 0.25) is 0 Å². The van der Waals surface area contributed by atoms with E-state index in [-0.39, 0.29) is 19.0 Å². The van der Waals surface area contributed by atoms with Crippen molar-refractivity contribution in [2.24, 2.45) is 4.99 Å². The molecule has 0 saturated carbocycles. The zero-order valence-electron chi connectivity index (χ0n) is 13.3. The van der Waals surface area contributed by atoms with E-state index >= 15 is 0 Å². The van der Waals surface area contributed by atoms with Gasteiger partial charge in [-0.25, -0.2) is 9.59 Å². The van der Waals surface area contributed by atoms with Crippen LogP contribution in [0.2, 0.25) is 0 Å². The molecule has 0 aliphatic rings. The molecule has 0 spiro atoms. The van der Waals surface area contributed by atoms with Gasteiger partial charge >= 0.3 is 12.2 Å². The van der Waals surface area contributed by atoms with Crippen molar-refractivity contribution >= 4 is 18.0 Å². The normalized spacial score (nSPS) is 10.8. The Balaban J connectivity index is 1.73. The first-order valence-corrected chi connectivity index (χ1v) is 7.37. The summed E-state index contributed by atoms with van der Waals surface area (Å²) in [7, 11) is 0. The van der Waals surface area contributed by atoms with Crippen molar-refractivity contribution in [2.75, 3.05) is 0 Å². The maximum absolute atomic E-state index is 11.6. The second kappa shape index (κ2) is 9.09. The molecule has 1 N–H and O–H groups in total. The van der Waals surface area contributed by atoms with Gasteiger partial charge in [0.15, 0.2) is 0 Å². The van der Waals surface area contributed by atoms with E-state index in [0.29, 0.717) is 0 Å². The Morgan fingerprint density at radius 1 is 0.875 bits per heavy atom. The second-order valence-electron chi connectivity index (χ2n) is 4.92. The molecule has 0 radical (unpaired) electrons. The smallest absolute Gasteiger partial charge is 0.435 e. The molecule has 0 aliphatic heterocycles. The summed E-state index contributed by atoms with van der Waals surface area (Å²) in [6.45, 7) is 1.74. The predicted octanol–water partition coefficient (Wildman–Crippen LogP) is 3.67. The first-order valence-electron chi connectivity index (χ1n) is 7.37. The first-order chi connectivity index (χ1) is 11.6. The van der Waals surface area contributed by atoms with Crippen LogP contribution in [0.25, 0.3) is 0 Å². The van der Waals surface area contributed by atoms with Gasteiger partial charge in [0.1, 0.15) is 19.0 Å². The highest BCUT2D eigenvalue weighted by molar-refractivity contribution is 5.98. The van der Waals surface area contributed by atoms with Gasteiger partial charge in [0, 0.05) is 0 Å². The van der Waals surface area contributed by atoms with Crippen LogP contribution in [0.15, 0.2) is 65.7 Å². The van der Waals surface area contributed by atoms with Gasteiger partial charge in [0.25, 0.3) is 0 Å². The van der Waals surface area contributed by atoms with Gasteiger partial charge < -0.3 is 9.47 Å². The topological polar surface area (TPSA) is 77.0 Å². The lowest BCUT2D eigenvalue weighted by Crippen LogP contribution is -2.29. The van der Waals surface area contributed by atoms with E-state index in [2.05, 4.69) is 10.3 Å². The molecular weight excluding hydrogens is 308 g/mol. The molecular formula is C18H18N2O4. The number of carbonyl (C=O) groups is 2. The molecule has 2 aromatic carbocycles. The number of benzene rings is 2. The van der Waals surface area contributed by atoms with Crippen LogP contribution in [0.3, 0.4) is 0 Å². The maximum Gasteiger partial charge on any atom is 0.435 e. The number of nitrogens with zero attached hydrogens (tertiary/aromatic N) is 1. The minimum Gasteiger partial charge on any atom is -0.444 e. The van der Waals surface area contributed by atoms with E-state index in [4.69, 9.17) is 9.47 Å². The van der Waals surface area contributed by atoms with Crippen molar-refractivity contribution in [3.63, 3.8) is 0 Å². The highest BCUT2D eigenvalue weighted by Gasteiger charge is 2.07. The minimum absolute atomic E-state index is 0.103. The van der Waals surface area contributed by atoms with E-state index < -0.39 is 12.2 Å². The van der Waals surface area contributed by atoms with E-state index in [9.17, 15) is 9.59 Å². The lowest BCUT2D eigenvalue weighted by molar-refractivity contribution is 0.144. The Kier molecular flexibility index (Phi) is 6.52. The fraction of sp³-hybridized carbons (Fsp3) is 0.167. The third-order valence-corrected chi connectivity index (χ3v) is 2.96. The summed E-state index contributed by atoms with van der Waals surface area (Å²) in [6.07, 6.45) is -1.46. The maximum atomic E-state index is 11.6. The summed E-state index contributed by atoms with van der Waals surface area (Å²) in [5.41, 5.74) is 1.72. The van der Waals surface area contributed by atoms with Crippen molar-refractivity contribution < 1.29 is 19.1 Å². The van der Waals surface area contributed by atoms with Gasteiger partial charge in [-0.05, 0) is 18.1 Å². The van der Waals surface area contributed by atoms with Gasteiger partial charge in [0.05, 0.1) is 0 Å². The molecule has 2 amide bonds. The van der Waals surface area contributed by atoms with Crippen molar-refractivity contribution in [1.29, 1.82) is 0 Å². The number of ether oxygens (including phenoxy) is 2. The van der Waals surface area contributed by atoms with E-state index in [1.54, 1.807) is 0 Å². The molecule has 0 aliphatic carbocycles. The van der Waals surface area contributed by atoms with Crippen LogP contribution in [0.5, 0.6) is 0 Å². The van der Waals surface area contributed by atoms with Crippen LogP contribution in [0.4, 0.5) is 9.59 Å². The number of rotatable bonds is 4. The number of hydrogen-bond donors (Lipinski definition) is 1. The molecule has 2 aromatic rings. The van der Waals surface area contributed by atoms with Crippen molar-refractivity contribution in [3.8, 4) is 0 Å². The number of alkyl carbamates (subject to hydrolysis) is 1. The Morgan fingerprint density at radius 3 is 1.92 bits per heavy atom. The molecule has 0 atom stereocenters. The molecule has 0 aromatic heterocycles. The molecule has 0 unspecified atom stereocenters. The first kappa shape index (κ1) is 17.2. The lowest BCUT2D eigenvalue weighted by atomic mass is 10.2. The van der Waals surface area contributed by atoms with Gasteiger partial charge in [-0.1, -0.05) is 60.7 Å². The average molecular weight is 326 g/mol. The molecule has 2 rings (SSSR count). The second-order valence-corrected chi connectivity index (χ2v) is 4.92. The Hall–Kier alpha value is -3.15. The van der Waals surface area contributed by atoms with Gasteiger partial charge in [-0.15, -0.1) is 0 Å². The summed E-state index contributed by atoms with van der Waals surface area (Å²) < 4.78 is 10.0. The predicted molar refractivity (Wildman–Crippen MR) is 89.5 cm³/mol. The molecule has 24 heavy (non-hydrogen) atoms. The third-order valence-electron chi connectivity index (χ3n) is 2.96. The number of amides is 2. The monoisotopic (exact) mass is 326 g/mol. The van der Waals surface area contributed by atoms with Gasteiger partial charge in [-0.3, -0.25) is 5.32 Å². The molecule has 0 heterocycles. The number of carbonyl (C=O) groups excluding carboxylic acids is 2. The number of hydrogen-bond acceptors (Lipinski definition) is 4. The standard InChI is InChI=1S/C18H18N2O4/c1-14(19-17(21)23-12-15-8-4-2-5-9-15)20-18(22)24-13-16-10-6-3-7-11-16/h2-11H,12-13H2,1H3,(H,19,20,21,22). The summed E-state index contributed by atoms with van der Waals surface area (Å²) in [4.78, 5) is 26.8.